The number of aryl methyl sites for hydroxylation is 2. The number of nitrogens with zero attached hydrogens (tertiary/aromatic N) is 1. The van der Waals surface area contributed by atoms with Crippen molar-refractivity contribution < 1.29 is 32.6 Å². The van der Waals surface area contributed by atoms with Gasteiger partial charge in [-0.1, -0.05) is 25.8 Å². The third kappa shape index (κ3) is 6.13. The molecule has 1 aromatic rings. The van der Waals surface area contributed by atoms with Gasteiger partial charge in [-0.25, -0.2) is 13.2 Å². The Morgan fingerprint density at radius 2 is 1.85 bits per heavy atom. The highest BCUT2D eigenvalue weighted by Crippen LogP contribution is 2.28. The summed E-state index contributed by atoms with van der Waals surface area (Å²) >= 11 is 0. The monoisotopic (exact) mass is 495 g/mol. The largest absolute Gasteiger partial charge is 0.454 e. The number of carbonyl (C=O) groups is 3. The number of sulfonamides is 1. The van der Waals surface area contributed by atoms with E-state index in [2.05, 4.69) is 10.6 Å². The van der Waals surface area contributed by atoms with Crippen LogP contribution in [0.2, 0.25) is 0 Å². The van der Waals surface area contributed by atoms with Crippen LogP contribution in [0, 0.1) is 19.8 Å². The number of aliphatic hydroxyl groups excluding tert-OH is 1. The molecular weight excluding hydrogens is 462 g/mol. The molecule has 4 atom stereocenters. The van der Waals surface area contributed by atoms with Gasteiger partial charge in [-0.3, -0.25) is 14.9 Å². The molecule has 3 rings (SSSR count). The molecule has 10 nitrogen and oxygen atoms in total. The van der Waals surface area contributed by atoms with Crippen LogP contribution >= 0.6 is 0 Å². The number of urea groups is 1. The van der Waals surface area contributed by atoms with E-state index in [0.717, 1.165) is 41.1 Å². The van der Waals surface area contributed by atoms with E-state index in [1.54, 1.807) is 13.0 Å². The minimum absolute atomic E-state index is 0.00820. The third-order valence-corrected chi connectivity index (χ3v) is 8.49. The maximum absolute atomic E-state index is 13.1. The molecular formula is C23H33N3O7S. The second-order valence-electron chi connectivity index (χ2n) is 9.22. The lowest BCUT2D eigenvalue weighted by Gasteiger charge is -2.29. The number of carbonyl (C=O) groups excluding carboxylic acids is 3. The van der Waals surface area contributed by atoms with Crippen LogP contribution in [0.3, 0.4) is 0 Å². The van der Waals surface area contributed by atoms with Gasteiger partial charge in [0.05, 0.1) is 11.0 Å². The zero-order chi connectivity index (χ0) is 25.0. The maximum Gasteiger partial charge on any atom is 0.325 e. The van der Waals surface area contributed by atoms with Crippen molar-refractivity contribution in [2.45, 2.75) is 76.0 Å². The normalized spacial score (nSPS) is 25.5. The predicted molar refractivity (Wildman–Crippen MR) is 123 cm³/mol. The van der Waals surface area contributed by atoms with Gasteiger partial charge in [0.15, 0.2) is 6.61 Å². The van der Waals surface area contributed by atoms with Crippen LogP contribution < -0.4 is 10.6 Å². The first kappa shape index (κ1) is 26.1. The average Bonchev–Trinajstić information content (AvgIpc) is 3.18. The van der Waals surface area contributed by atoms with Gasteiger partial charge in [-0.05, 0) is 55.9 Å². The van der Waals surface area contributed by atoms with Crippen LogP contribution in [0.4, 0.5) is 4.79 Å². The number of aliphatic hydroxyl groups is 1. The number of hydrogen-bond acceptors (Lipinski definition) is 7. The molecule has 3 amide bonds. The van der Waals surface area contributed by atoms with Crippen LogP contribution in [-0.2, 0) is 24.3 Å². The minimum Gasteiger partial charge on any atom is -0.454 e. The molecule has 0 aromatic heterocycles. The topological polar surface area (TPSA) is 142 Å². The lowest BCUT2D eigenvalue weighted by Crippen LogP contribution is -2.49. The van der Waals surface area contributed by atoms with Crippen molar-refractivity contribution in [3.63, 3.8) is 0 Å². The van der Waals surface area contributed by atoms with Crippen molar-refractivity contribution in [1.82, 2.24) is 14.9 Å². The van der Waals surface area contributed by atoms with E-state index in [9.17, 15) is 27.9 Å². The van der Waals surface area contributed by atoms with Crippen molar-refractivity contribution in [2.75, 3.05) is 13.2 Å². The van der Waals surface area contributed by atoms with E-state index in [1.807, 2.05) is 13.8 Å². The first-order chi connectivity index (χ1) is 16.0. The van der Waals surface area contributed by atoms with Gasteiger partial charge in [-0.2, -0.15) is 4.31 Å². The summed E-state index contributed by atoms with van der Waals surface area (Å²) in [6, 6.07) is 2.68. The Morgan fingerprint density at radius 1 is 1.15 bits per heavy atom. The molecule has 3 N–H and O–H groups in total. The Morgan fingerprint density at radius 3 is 2.53 bits per heavy atom. The number of imide groups is 1. The van der Waals surface area contributed by atoms with Crippen LogP contribution in [0.25, 0.3) is 0 Å². The van der Waals surface area contributed by atoms with Gasteiger partial charge >= 0.3 is 12.0 Å². The fourth-order valence-electron chi connectivity index (χ4n) is 4.40. The number of benzene rings is 1. The molecule has 1 saturated carbocycles. The Kier molecular flexibility index (Phi) is 8.32. The molecule has 1 aliphatic heterocycles. The van der Waals surface area contributed by atoms with Gasteiger partial charge in [0.1, 0.15) is 6.04 Å². The number of amides is 3. The summed E-state index contributed by atoms with van der Waals surface area (Å²) in [5.74, 6) is -1.47. The highest BCUT2D eigenvalue weighted by atomic mass is 32.2. The molecule has 34 heavy (non-hydrogen) atoms. The lowest BCUT2D eigenvalue weighted by atomic mass is 9.86. The zero-order valence-corrected chi connectivity index (χ0v) is 20.6. The maximum atomic E-state index is 13.1. The molecule has 2 aliphatic rings. The summed E-state index contributed by atoms with van der Waals surface area (Å²) in [6.45, 7) is 4.68. The van der Waals surface area contributed by atoms with E-state index in [1.165, 1.54) is 12.1 Å². The molecule has 0 radical (unpaired) electrons. The summed E-state index contributed by atoms with van der Waals surface area (Å²) in [4.78, 5) is 36.8. The van der Waals surface area contributed by atoms with E-state index in [4.69, 9.17) is 4.74 Å². The Bertz CT molecular complexity index is 1040. The van der Waals surface area contributed by atoms with Crippen LogP contribution in [-0.4, -0.2) is 67.1 Å². The van der Waals surface area contributed by atoms with Gasteiger partial charge in [-0.15, -0.1) is 0 Å². The number of nitrogens with one attached hydrogen (secondary N) is 2. The quantitative estimate of drug-likeness (QED) is 0.506. The minimum atomic E-state index is -4.08. The molecule has 188 valence electrons. The van der Waals surface area contributed by atoms with Crippen LogP contribution in [0.15, 0.2) is 23.1 Å². The Hall–Kier alpha value is -2.50. The van der Waals surface area contributed by atoms with E-state index >= 15 is 0 Å². The zero-order valence-electron chi connectivity index (χ0n) is 19.7. The van der Waals surface area contributed by atoms with Crippen LogP contribution in [0.1, 0.15) is 50.2 Å². The van der Waals surface area contributed by atoms with Crippen molar-refractivity contribution in [2.24, 2.45) is 5.92 Å². The molecule has 0 bridgehead atoms. The van der Waals surface area contributed by atoms with E-state index in [-0.39, 0.29) is 23.9 Å². The molecule has 11 heteroatoms. The highest BCUT2D eigenvalue weighted by molar-refractivity contribution is 7.89. The van der Waals surface area contributed by atoms with Crippen molar-refractivity contribution in [1.29, 1.82) is 0 Å². The number of ether oxygens (including phenoxy) is 1. The van der Waals surface area contributed by atoms with Crippen molar-refractivity contribution in [3.8, 4) is 0 Å². The standard InChI is InChI=1S/C23H33N3O7S/c1-14-8-9-18(10-16(14)3)34(31,32)26-12-17(27)11-20(26)22(29)33-13-21(28)25-23(30)24-19-7-5-4-6-15(19)2/h8-10,15,17,19-20,27H,4-7,11-13H2,1-3H3,(H2,24,25,28,30). The Labute approximate surface area is 200 Å². The van der Waals surface area contributed by atoms with Gasteiger partial charge in [0, 0.05) is 19.0 Å². The molecule has 1 heterocycles. The highest BCUT2D eigenvalue weighted by Gasteiger charge is 2.44. The third-order valence-electron chi connectivity index (χ3n) is 6.62. The SMILES string of the molecule is Cc1ccc(S(=O)(=O)N2CC(O)CC2C(=O)OCC(=O)NC(=O)NC2CCCCC2C)cc1C. The second-order valence-corrected chi connectivity index (χ2v) is 11.1. The fraction of sp³-hybridized carbons (Fsp3) is 0.609. The first-order valence-corrected chi connectivity index (χ1v) is 13.0. The Balaban J connectivity index is 1.58. The van der Waals surface area contributed by atoms with Crippen LogP contribution in [0.5, 0.6) is 0 Å². The molecule has 1 aromatic carbocycles. The molecule has 2 fully saturated rings. The van der Waals surface area contributed by atoms with Crippen molar-refractivity contribution >= 4 is 27.9 Å². The van der Waals surface area contributed by atoms with E-state index < -0.39 is 46.7 Å². The molecule has 1 saturated heterocycles. The van der Waals surface area contributed by atoms with Crippen molar-refractivity contribution in [3.05, 3.63) is 29.3 Å². The van der Waals surface area contributed by atoms with Gasteiger partial charge in [0.2, 0.25) is 10.0 Å². The average molecular weight is 496 g/mol. The van der Waals surface area contributed by atoms with E-state index in [0.29, 0.717) is 5.92 Å². The number of rotatable bonds is 6. The molecule has 0 spiro atoms. The fourth-order valence-corrected chi connectivity index (χ4v) is 6.12. The summed E-state index contributed by atoms with van der Waals surface area (Å²) in [5, 5.41) is 15.0. The number of hydrogen-bond donors (Lipinski definition) is 3. The summed E-state index contributed by atoms with van der Waals surface area (Å²) in [6.07, 6.45) is 2.77. The predicted octanol–water partition coefficient (Wildman–Crippen LogP) is 1.38. The summed E-state index contributed by atoms with van der Waals surface area (Å²) in [5.41, 5.74) is 1.70. The van der Waals surface area contributed by atoms with Gasteiger partial charge < -0.3 is 15.2 Å². The smallest absolute Gasteiger partial charge is 0.325 e. The molecule has 4 unspecified atom stereocenters. The molecule has 1 aliphatic carbocycles. The van der Waals surface area contributed by atoms with Gasteiger partial charge in [0.25, 0.3) is 5.91 Å². The number of esters is 1. The first-order valence-electron chi connectivity index (χ1n) is 11.5. The number of β-amino-alcohol motifs (C(OH)–C–C–N with tert-alkyl or cyclic N) is 1. The summed E-state index contributed by atoms with van der Waals surface area (Å²) in [7, 11) is -4.08. The lowest BCUT2D eigenvalue weighted by molar-refractivity contribution is -0.151. The second kappa shape index (κ2) is 10.8. The summed E-state index contributed by atoms with van der Waals surface area (Å²) < 4.78 is 32.2.